The fourth-order valence-corrected chi connectivity index (χ4v) is 1.78. The van der Waals surface area contributed by atoms with Gasteiger partial charge in [-0.25, -0.2) is 0 Å². The normalized spacial score (nSPS) is 10.3. The minimum absolute atomic E-state index is 0.592. The number of rotatable bonds is 6. The zero-order chi connectivity index (χ0) is 12.6. The van der Waals surface area contributed by atoms with E-state index in [1.165, 1.54) is 11.1 Å². The third-order valence-corrected chi connectivity index (χ3v) is 2.73. The molecule has 2 nitrogen and oxygen atoms in total. The topological polar surface area (TPSA) is 18.5 Å². The molecule has 0 unspecified atom stereocenters. The van der Waals surface area contributed by atoms with Gasteiger partial charge in [-0.3, -0.25) is 0 Å². The lowest BCUT2D eigenvalue weighted by molar-refractivity contribution is 0.146. The van der Waals surface area contributed by atoms with Crippen LogP contribution in [0.3, 0.4) is 0 Å². The van der Waals surface area contributed by atoms with Crippen LogP contribution in [-0.2, 0) is 11.2 Å². The van der Waals surface area contributed by atoms with E-state index in [2.05, 4.69) is 36.4 Å². The van der Waals surface area contributed by atoms with Crippen LogP contribution in [0.2, 0.25) is 0 Å². The molecule has 0 heterocycles. The van der Waals surface area contributed by atoms with Crippen molar-refractivity contribution in [3.63, 3.8) is 0 Å². The van der Waals surface area contributed by atoms with E-state index < -0.39 is 0 Å². The van der Waals surface area contributed by atoms with E-state index in [-0.39, 0.29) is 0 Å². The maximum atomic E-state index is 5.53. The molecule has 0 bridgehead atoms. The third kappa shape index (κ3) is 3.90. The van der Waals surface area contributed by atoms with Gasteiger partial charge in [-0.2, -0.15) is 0 Å². The first kappa shape index (κ1) is 12.7. The Kier molecular flexibility index (Phi) is 4.79. The average Bonchev–Trinajstić information content (AvgIpc) is 2.42. The van der Waals surface area contributed by atoms with E-state index in [1.807, 2.05) is 18.2 Å². The first-order chi connectivity index (χ1) is 8.88. The van der Waals surface area contributed by atoms with Crippen LogP contribution in [0.15, 0.2) is 54.6 Å². The van der Waals surface area contributed by atoms with E-state index in [0.29, 0.717) is 13.2 Å². The molecule has 0 spiro atoms. The zero-order valence-electron chi connectivity index (χ0n) is 10.6. The molecule has 0 amide bonds. The van der Waals surface area contributed by atoms with E-state index >= 15 is 0 Å². The van der Waals surface area contributed by atoms with Crippen molar-refractivity contribution in [2.75, 3.05) is 20.3 Å². The summed E-state index contributed by atoms with van der Waals surface area (Å²) in [6, 6.07) is 18.7. The van der Waals surface area contributed by atoms with E-state index in [1.54, 1.807) is 7.11 Å². The summed E-state index contributed by atoms with van der Waals surface area (Å²) in [4.78, 5) is 0. The summed E-state index contributed by atoms with van der Waals surface area (Å²) >= 11 is 0. The smallest absolute Gasteiger partial charge is 0.119 e. The predicted molar refractivity (Wildman–Crippen MR) is 73.1 cm³/mol. The number of hydrogen-bond acceptors (Lipinski definition) is 2. The van der Waals surface area contributed by atoms with Crippen molar-refractivity contribution in [2.45, 2.75) is 6.42 Å². The maximum absolute atomic E-state index is 5.53. The average molecular weight is 242 g/mol. The van der Waals surface area contributed by atoms with Gasteiger partial charge in [0.15, 0.2) is 0 Å². The van der Waals surface area contributed by atoms with Crippen LogP contribution in [0.1, 0.15) is 11.1 Å². The summed E-state index contributed by atoms with van der Waals surface area (Å²) < 4.78 is 10.5. The van der Waals surface area contributed by atoms with Gasteiger partial charge in [-0.15, -0.1) is 0 Å². The minimum atomic E-state index is 0.592. The molecule has 94 valence electrons. The van der Waals surface area contributed by atoms with Crippen molar-refractivity contribution in [1.82, 2.24) is 0 Å². The lowest BCUT2D eigenvalue weighted by Crippen LogP contribution is -2.04. The largest absolute Gasteiger partial charge is 0.491 e. The fraction of sp³-hybridized carbons (Fsp3) is 0.250. The van der Waals surface area contributed by atoms with Crippen LogP contribution >= 0.6 is 0 Å². The summed E-state index contributed by atoms with van der Waals surface area (Å²) in [7, 11) is 1.67. The van der Waals surface area contributed by atoms with Crippen LogP contribution in [0.4, 0.5) is 0 Å². The number of ether oxygens (including phenoxy) is 2. The van der Waals surface area contributed by atoms with Crippen molar-refractivity contribution >= 4 is 0 Å². The number of methoxy groups -OCH3 is 1. The molecule has 0 aliphatic heterocycles. The Bertz CT molecular complexity index is 448. The summed E-state index contributed by atoms with van der Waals surface area (Å²) in [5.74, 6) is 0.892. The predicted octanol–water partition coefficient (Wildman–Crippen LogP) is 3.30. The molecule has 2 heteroatoms. The Labute approximate surface area is 108 Å². The Hall–Kier alpha value is -1.80. The van der Waals surface area contributed by atoms with Crippen molar-refractivity contribution in [1.29, 1.82) is 0 Å². The van der Waals surface area contributed by atoms with Crippen molar-refractivity contribution in [2.24, 2.45) is 0 Å². The highest BCUT2D eigenvalue weighted by atomic mass is 16.5. The van der Waals surface area contributed by atoms with Crippen LogP contribution < -0.4 is 4.74 Å². The molecule has 2 rings (SSSR count). The molecular weight excluding hydrogens is 224 g/mol. The highest BCUT2D eigenvalue weighted by molar-refractivity contribution is 5.31. The summed E-state index contributed by atoms with van der Waals surface area (Å²) in [6.45, 7) is 1.21. The molecule has 2 aromatic carbocycles. The minimum Gasteiger partial charge on any atom is -0.491 e. The van der Waals surface area contributed by atoms with Gasteiger partial charge in [-0.1, -0.05) is 42.5 Å². The highest BCUT2D eigenvalue weighted by Crippen LogP contribution is 2.15. The molecular formula is C16H18O2. The molecule has 0 aliphatic rings. The quantitative estimate of drug-likeness (QED) is 0.724. The second-order valence-electron chi connectivity index (χ2n) is 4.15. The first-order valence-corrected chi connectivity index (χ1v) is 6.13. The molecule has 18 heavy (non-hydrogen) atoms. The third-order valence-electron chi connectivity index (χ3n) is 2.73. The molecule has 2 aromatic rings. The second-order valence-corrected chi connectivity index (χ2v) is 4.15. The van der Waals surface area contributed by atoms with Crippen LogP contribution in [0.5, 0.6) is 5.75 Å². The summed E-state index contributed by atoms with van der Waals surface area (Å²) in [6.07, 6.45) is 0.958. The Balaban J connectivity index is 1.91. The lowest BCUT2D eigenvalue weighted by Gasteiger charge is -2.06. The van der Waals surface area contributed by atoms with Gasteiger partial charge >= 0.3 is 0 Å². The molecule has 0 atom stereocenters. The zero-order valence-corrected chi connectivity index (χ0v) is 10.6. The molecule has 0 fully saturated rings. The fourth-order valence-electron chi connectivity index (χ4n) is 1.78. The standard InChI is InChI=1S/C16H18O2/c1-17-11-12-18-16-9-7-15(8-10-16)13-14-5-3-2-4-6-14/h2-10H,11-13H2,1H3. The second kappa shape index (κ2) is 6.82. The molecule has 0 aromatic heterocycles. The molecule has 0 saturated carbocycles. The van der Waals surface area contributed by atoms with Crippen molar-refractivity contribution in [3.05, 3.63) is 65.7 Å². The molecule has 0 radical (unpaired) electrons. The Morgan fingerprint density at radius 2 is 1.44 bits per heavy atom. The Morgan fingerprint density at radius 3 is 2.11 bits per heavy atom. The van der Waals surface area contributed by atoms with Crippen LogP contribution in [0.25, 0.3) is 0 Å². The van der Waals surface area contributed by atoms with E-state index in [0.717, 1.165) is 12.2 Å². The van der Waals surface area contributed by atoms with Gasteiger partial charge in [0.1, 0.15) is 12.4 Å². The van der Waals surface area contributed by atoms with Crippen LogP contribution in [0, 0.1) is 0 Å². The van der Waals surface area contributed by atoms with E-state index in [9.17, 15) is 0 Å². The molecule has 0 aliphatic carbocycles. The molecule has 0 N–H and O–H groups in total. The van der Waals surface area contributed by atoms with Gasteiger partial charge in [0.2, 0.25) is 0 Å². The van der Waals surface area contributed by atoms with Gasteiger partial charge in [0.25, 0.3) is 0 Å². The monoisotopic (exact) mass is 242 g/mol. The maximum Gasteiger partial charge on any atom is 0.119 e. The Morgan fingerprint density at radius 1 is 0.778 bits per heavy atom. The highest BCUT2D eigenvalue weighted by Gasteiger charge is 1.97. The van der Waals surface area contributed by atoms with Gasteiger partial charge in [0.05, 0.1) is 6.61 Å². The lowest BCUT2D eigenvalue weighted by atomic mass is 10.1. The van der Waals surface area contributed by atoms with Crippen LogP contribution in [-0.4, -0.2) is 20.3 Å². The van der Waals surface area contributed by atoms with Crippen molar-refractivity contribution < 1.29 is 9.47 Å². The van der Waals surface area contributed by atoms with Gasteiger partial charge in [-0.05, 0) is 29.7 Å². The van der Waals surface area contributed by atoms with Gasteiger partial charge < -0.3 is 9.47 Å². The summed E-state index contributed by atoms with van der Waals surface area (Å²) in [5, 5.41) is 0. The van der Waals surface area contributed by atoms with Gasteiger partial charge in [0, 0.05) is 7.11 Å². The molecule has 0 saturated heterocycles. The number of benzene rings is 2. The first-order valence-electron chi connectivity index (χ1n) is 6.13. The summed E-state index contributed by atoms with van der Waals surface area (Å²) in [5.41, 5.74) is 2.62. The van der Waals surface area contributed by atoms with Crippen molar-refractivity contribution in [3.8, 4) is 5.75 Å². The number of hydrogen-bond donors (Lipinski definition) is 0. The van der Waals surface area contributed by atoms with E-state index in [4.69, 9.17) is 9.47 Å². The SMILES string of the molecule is COCCOc1ccc(Cc2ccccc2)cc1.